The number of nitrogens with one attached hydrogen (secondary N) is 1. The number of carbonyl (C=O) groups is 1. The largest absolute Gasteiger partial charge is 0.467 e. The molecule has 3 heterocycles. The van der Waals surface area contributed by atoms with E-state index in [1.165, 1.54) is 5.56 Å². The van der Waals surface area contributed by atoms with Gasteiger partial charge in [0.15, 0.2) is 5.58 Å². The zero-order valence-electron chi connectivity index (χ0n) is 13.9. The topological polar surface area (TPSA) is 60.3 Å². The maximum atomic E-state index is 12.7. The van der Waals surface area contributed by atoms with Gasteiger partial charge in [0.1, 0.15) is 11.5 Å². The highest BCUT2D eigenvalue weighted by Gasteiger charge is 2.17. The number of amides is 1. The quantitative estimate of drug-likeness (QED) is 0.597. The summed E-state index contributed by atoms with van der Waals surface area (Å²) in [4.78, 5) is 12.7. The smallest absolute Gasteiger partial charge is 0.268 e. The average molecular weight is 334 g/mol. The molecule has 0 bridgehead atoms. The number of fused-ring (bicyclic) bond motifs is 1. The van der Waals surface area contributed by atoms with E-state index in [9.17, 15) is 4.79 Å². The van der Waals surface area contributed by atoms with Crippen LogP contribution in [-0.2, 0) is 13.1 Å². The first-order chi connectivity index (χ1) is 12.2. The van der Waals surface area contributed by atoms with E-state index in [1.807, 2.05) is 16.7 Å². The zero-order chi connectivity index (χ0) is 17.2. The van der Waals surface area contributed by atoms with Gasteiger partial charge in [-0.15, -0.1) is 0 Å². The lowest BCUT2D eigenvalue weighted by Gasteiger charge is -2.10. The summed E-state index contributed by atoms with van der Waals surface area (Å²) in [6.45, 7) is 3.01. The second-order valence-electron chi connectivity index (χ2n) is 6.03. The number of hydrogen-bond donors (Lipinski definition) is 1. The van der Waals surface area contributed by atoms with Gasteiger partial charge in [-0.05, 0) is 24.6 Å². The predicted molar refractivity (Wildman–Crippen MR) is 94.4 cm³/mol. The van der Waals surface area contributed by atoms with Gasteiger partial charge in [0, 0.05) is 18.7 Å². The Kier molecular flexibility index (Phi) is 3.90. The van der Waals surface area contributed by atoms with Crippen LogP contribution in [0.25, 0.3) is 11.1 Å². The molecule has 0 radical (unpaired) electrons. The van der Waals surface area contributed by atoms with Crippen molar-refractivity contribution in [3.8, 4) is 0 Å². The summed E-state index contributed by atoms with van der Waals surface area (Å²) < 4.78 is 12.7. The molecule has 0 saturated heterocycles. The molecule has 5 heteroatoms. The predicted octanol–water partition coefficient (Wildman–Crippen LogP) is 4.11. The fourth-order valence-corrected chi connectivity index (χ4v) is 2.88. The molecule has 4 aromatic rings. The zero-order valence-corrected chi connectivity index (χ0v) is 13.9. The lowest BCUT2D eigenvalue weighted by atomic mass is 10.1. The molecule has 4 rings (SSSR count). The van der Waals surface area contributed by atoms with Gasteiger partial charge >= 0.3 is 0 Å². The van der Waals surface area contributed by atoms with Crippen LogP contribution in [-0.4, -0.2) is 10.5 Å². The molecule has 0 aliphatic rings. The lowest BCUT2D eigenvalue weighted by Crippen LogP contribution is -2.25. The van der Waals surface area contributed by atoms with Gasteiger partial charge < -0.3 is 18.7 Å². The highest BCUT2D eigenvalue weighted by molar-refractivity contribution is 5.97. The Hall–Kier alpha value is -3.21. The van der Waals surface area contributed by atoms with E-state index in [0.29, 0.717) is 30.1 Å². The normalized spacial score (nSPS) is 11.1. The Morgan fingerprint density at radius 3 is 2.68 bits per heavy atom. The molecule has 3 aromatic heterocycles. The second-order valence-corrected chi connectivity index (χ2v) is 6.03. The van der Waals surface area contributed by atoms with Crippen molar-refractivity contribution in [1.29, 1.82) is 0 Å². The number of rotatable bonds is 5. The van der Waals surface area contributed by atoms with E-state index < -0.39 is 0 Å². The van der Waals surface area contributed by atoms with Gasteiger partial charge in [0.05, 0.1) is 24.6 Å². The second kappa shape index (κ2) is 6.36. The van der Waals surface area contributed by atoms with E-state index in [1.54, 1.807) is 24.7 Å². The van der Waals surface area contributed by atoms with Crippen LogP contribution >= 0.6 is 0 Å². The van der Waals surface area contributed by atoms with Gasteiger partial charge in [-0.3, -0.25) is 4.79 Å². The molecule has 1 amide bonds. The summed E-state index contributed by atoms with van der Waals surface area (Å²) >= 11 is 0. The first-order valence-electron chi connectivity index (χ1n) is 8.13. The third kappa shape index (κ3) is 3.08. The average Bonchev–Trinajstić information content (AvgIpc) is 3.33. The van der Waals surface area contributed by atoms with Gasteiger partial charge in [0.2, 0.25) is 0 Å². The van der Waals surface area contributed by atoms with Crippen molar-refractivity contribution < 1.29 is 13.6 Å². The van der Waals surface area contributed by atoms with Crippen LogP contribution in [0.3, 0.4) is 0 Å². The Labute approximate surface area is 144 Å². The van der Waals surface area contributed by atoms with E-state index in [-0.39, 0.29) is 5.91 Å². The third-order valence-corrected chi connectivity index (χ3v) is 4.22. The number of carbonyl (C=O) groups excluding carboxylic acids is 1. The monoisotopic (exact) mass is 334 g/mol. The molecular formula is C20H18N2O3. The molecule has 0 atom stereocenters. The van der Waals surface area contributed by atoms with Crippen LogP contribution in [0.15, 0.2) is 69.9 Å². The number of hydrogen-bond acceptors (Lipinski definition) is 3. The van der Waals surface area contributed by atoms with Crippen LogP contribution < -0.4 is 5.32 Å². The first-order valence-corrected chi connectivity index (χ1v) is 8.13. The fraction of sp³-hybridized carbons (Fsp3) is 0.150. The molecule has 0 spiro atoms. The molecule has 126 valence electrons. The molecule has 25 heavy (non-hydrogen) atoms. The Morgan fingerprint density at radius 2 is 1.92 bits per heavy atom. The van der Waals surface area contributed by atoms with Crippen molar-refractivity contribution in [1.82, 2.24) is 9.88 Å². The van der Waals surface area contributed by atoms with Crippen LogP contribution in [0.2, 0.25) is 0 Å². The van der Waals surface area contributed by atoms with Crippen LogP contribution in [0.4, 0.5) is 0 Å². The highest BCUT2D eigenvalue weighted by Crippen LogP contribution is 2.23. The van der Waals surface area contributed by atoms with Crippen molar-refractivity contribution >= 4 is 17.0 Å². The number of benzene rings is 1. The Bertz CT molecular complexity index is 992. The molecular weight excluding hydrogens is 316 g/mol. The van der Waals surface area contributed by atoms with Crippen LogP contribution in [0.5, 0.6) is 0 Å². The number of aromatic nitrogens is 1. The number of nitrogens with zero attached hydrogens (tertiary/aromatic N) is 1. The van der Waals surface area contributed by atoms with Crippen LogP contribution in [0.1, 0.15) is 27.4 Å². The van der Waals surface area contributed by atoms with E-state index >= 15 is 0 Å². The number of aryl methyl sites for hydroxylation is 1. The van der Waals surface area contributed by atoms with Gasteiger partial charge in [-0.2, -0.15) is 0 Å². The molecule has 1 aromatic carbocycles. The minimum absolute atomic E-state index is 0.157. The molecule has 0 saturated carbocycles. The standard InChI is InChI=1S/C20H18N2O3/c1-14-4-6-15(7-5-14)13-22-17-8-10-25-19(17)11-18(22)20(23)21-12-16-3-2-9-24-16/h2-11H,12-13H2,1H3,(H,21,23). The minimum atomic E-state index is -0.157. The Morgan fingerprint density at radius 1 is 1.08 bits per heavy atom. The summed E-state index contributed by atoms with van der Waals surface area (Å²) in [6.07, 6.45) is 3.23. The maximum absolute atomic E-state index is 12.7. The molecule has 0 fully saturated rings. The molecule has 0 unspecified atom stereocenters. The van der Waals surface area contributed by atoms with E-state index in [4.69, 9.17) is 8.83 Å². The third-order valence-electron chi connectivity index (χ3n) is 4.22. The maximum Gasteiger partial charge on any atom is 0.268 e. The molecule has 5 nitrogen and oxygen atoms in total. The van der Waals surface area contributed by atoms with Gasteiger partial charge in [-0.25, -0.2) is 0 Å². The summed E-state index contributed by atoms with van der Waals surface area (Å²) in [5, 5.41) is 2.89. The summed E-state index contributed by atoms with van der Waals surface area (Å²) in [5.74, 6) is 0.559. The molecule has 1 N–H and O–H groups in total. The van der Waals surface area contributed by atoms with E-state index in [0.717, 1.165) is 11.1 Å². The van der Waals surface area contributed by atoms with Crippen molar-refractivity contribution in [2.24, 2.45) is 0 Å². The van der Waals surface area contributed by atoms with Crippen molar-refractivity contribution in [2.75, 3.05) is 0 Å². The molecule has 0 aliphatic heterocycles. The number of furan rings is 2. The van der Waals surface area contributed by atoms with Gasteiger partial charge in [0.25, 0.3) is 5.91 Å². The van der Waals surface area contributed by atoms with Gasteiger partial charge in [-0.1, -0.05) is 29.8 Å². The first kappa shape index (κ1) is 15.3. The van der Waals surface area contributed by atoms with Crippen molar-refractivity contribution in [2.45, 2.75) is 20.0 Å². The Balaban J connectivity index is 1.62. The molecule has 0 aliphatic carbocycles. The highest BCUT2D eigenvalue weighted by atomic mass is 16.3. The van der Waals surface area contributed by atoms with Crippen molar-refractivity contribution in [3.63, 3.8) is 0 Å². The van der Waals surface area contributed by atoms with Crippen molar-refractivity contribution in [3.05, 3.63) is 83.6 Å². The van der Waals surface area contributed by atoms with Crippen LogP contribution in [0, 0.1) is 6.92 Å². The minimum Gasteiger partial charge on any atom is -0.467 e. The van der Waals surface area contributed by atoms with E-state index in [2.05, 4.69) is 36.5 Å². The SMILES string of the molecule is Cc1ccc(Cn2c(C(=O)NCc3ccco3)cc3occc32)cc1. The summed E-state index contributed by atoms with van der Waals surface area (Å²) in [5.41, 5.74) is 4.52. The summed E-state index contributed by atoms with van der Waals surface area (Å²) in [7, 11) is 0. The fourth-order valence-electron chi connectivity index (χ4n) is 2.88. The lowest BCUT2D eigenvalue weighted by molar-refractivity contribution is 0.0939. The summed E-state index contributed by atoms with van der Waals surface area (Å²) in [6, 6.07) is 15.6.